The standard InChI is InChI=1S/C19H24N2O2S/c1-21(2)16-7-5-15(6-8-16)19(22)20-18(17-4-3-13-24-17)14-9-11-23-12-10-14/h3-8,13-14,18H,9-12H2,1-2H3,(H,20,22)/t18-/m0/s1. The van der Waals surface area contributed by atoms with E-state index in [0.29, 0.717) is 11.5 Å². The molecule has 1 amide bonds. The van der Waals surface area contributed by atoms with Gasteiger partial charge in [0.25, 0.3) is 5.91 Å². The molecule has 0 spiro atoms. The molecule has 2 heterocycles. The van der Waals surface area contributed by atoms with Crippen LogP contribution < -0.4 is 10.2 Å². The number of carbonyl (C=O) groups excluding carboxylic acids is 1. The Morgan fingerprint density at radius 1 is 1.21 bits per heavy atom. The van der Waals surface area contributed by atoms with Gasteiger partial charge in [0.05, 0.1) is 6.04 Å². The highest BCUT2D eigenvalue weighted by Crippen LogP contribution is 2.32. The zero-order chi connectivity index (χ0) is 16.9. The second-order valence-corrected chi connectivity index (χ2v) is 7.34. The number of nitrogens with zero attached hydrogens (tertiary/aromatic N) is 1. The minimum atomic E-state index is -0.00908. The molecule has 2 aromatic rings. The van der Waals surface area contributed by atoms with E-state index in [0.717, 1.165) is 31.7 Å². The molecule has 0 unspecified atom stereocenters. The van der Waals surface area contributed by atoms with Gasteiger partial charge in [-0.05, 0) is 54.5 Å². The number of ether oxygens (including phenoxy) is 1. The van der Waals surface area contributed by atoms with Crippen molar-refractivity contribution in [1.82, 2.24) is 5.32 Å². The molecule has 3 rings (SSSR count). The van der Waals surface area contributed by atoms with Gasteiger partial charge in [0, 0.05) is 43.4 Å². The summed E-state index contributed by atoms with van der Waals surface area (Å²) in [5.74, 6) is 0.424. The molecule has 1 aromatic heterocycles. The van der Waals surface area contributed by atoms with Gasteiger partial charge in [0.2, 0.25) is 0 Å². The Bertz CT molecular complexity index is 647. The molecule has 1 N–H and O–H groups in total. The van der Waals surface area contributed by atoms with Crippen LogP contribution in [0.5, 0.6) is 0 Å². The minimum Gasteiger partial charge on any atom is -0.381 e. The van der Waals surface area contributed by atoms with Crippen LogP contribution in [-0.2, 0) is 4.74 Å². The molecule has 1 fully saturated rings. The fourth-order valence-electron chi connectivity index (χ4n) is 3.07. The number of amides is 1. The first kappa shape index (κ1) is 17.0. The second kappa shape index (κ2) is 7.81. The Morgan fingerprint density at radius 2 is 1.92 bits per heavy atom. The van der Waals surface area contributed by atoms with E-state index < -0.39 is 0 Å². The van der Waals surface area contributed by atoms with Crippen LogP contribution in [0.3, 0.4) is 0 Å². The molecule has 1 aromatic carbocycles. The molecule has 0 bridgehead atoms. The van der Waals surface area contributed by atoms with E-state index in [4.69, 9.17) is 4.74 Å². The molecule has 1 atom stereocenters. The maximum Gasteiger partial charge on any atom is 0.251 e. The predicted octanol–water partition coefficient (Wildman–Crippen LogP) is 3.71. The third-order valence-corrected chi connectivity index (χ3v) is 5.47. The molecule has 1 saturated heterocycles. The Hall–Kier alpha value is -1.85. The highest BCUT2D eigenvalue weighted by atomic mass is 32.1. The van der Waals surface area contributed by atoms with Crippen molar-refractivity contribution in [2.24, 2.45) is 5.92 Å². The largest absolute Gasteiger partial charge is 0.381 e. The number of thiophene rings is 1. The summed E-state index contributed by atoms with van der Waals surface area (Å²) in [5, 5.41) is 5.33. The number of rotatable bonds is 5. The summed E-state index contributed by atoms with van der Waals surface area (Å²) in [6, 6.07) is 12.0. The SMILES string of the molecule is CN(C)c1ccc(C(=O)N[C@H](c2cccs2)C2CCOCC2)cc1. The van der Waals surface area contributed by atoms with Crippen molar-refractivity contribution in [1.29, 1.82) is 0 Å². The number of anilines is 1. The van der Waals surface area contributed by atoms with Gasteiger partial charge in [0.1, 0.15) is 0 Å². The van der Waals surface area contributed by atoms with Gasteiger partial charge < -0.3 is 15.0 Å². The van der Waals surface area contributed by atoms with E-state index in [1.54, 1.807) is 11.3 Å². The molecule has 4 nitrogen and oxygen atoms in total. The van der Waals surface area contributed by atoms with Gasteiger partial charge in [-0.2, -0.15) is 0 Å². The van der Waals surface area contributed by atoms with E-state index in [1.807, 2.05) is 49.3 Å². The normalized spacial score (nSPS) is 16.6. The van der Waals surface area contributed by atoms with Crippen LogP contribution in [0, 0.1) is 5.92 Å². The van der Waals surface area contributed by atoms with E-state index in [1.165, 1.54) is 4.88 Å². The third kappa shape index (κ3) is 3.97. The smallest absolute Gasteiger partial charge is 0.251 e. The molecule has 0 aliphatic carbocycles. The lowest BCUT2D eigenvalue weighted by Gasteiger charge is -2.30. The lowest BCUT2D eigenvalue weighted by Crippen LogP contribution is -2.35. The van der Waals surface area contributed by atoms with E-state index in [9.17, 15) is 4.79 Å². The average molecular weight is 344 g/mol. The summed E-state index contributed by atoms with van der Waals surface area (Å²) in [5.41, 5.74) is 1.79. The highest BCUT2D eigenvalue weighted by Gasteiger charge is 2.27. The molecule has 1 aliphatic rings. The van der Waals surface area contributed by atoms with E-state index in [2.05, 4.69) is 16.8 Å². The molecule has 0 saturated carbocycles. The second-order valence-electron chi connectivity index (χ2n) is 6.36. The Balaban J connectivity index is 1.75. The fraction of sp³-hybridized carbons (Fsp3) is 0.421. The van der Waals surface area contributed by atoms with Gasteiger partial charge in [-0.25, -0.2) is 0 Å². The number of nitrogens with one attached hydrogen (secondary N) is 1. The Labute approximate surface area is 147 Å². The predicted molar refractivity (Wildman–Crippen MR) is 98.8 cm³/mol. The monoisotopic (exact) mass is 344 g/mol. The van der Waals surface area contributed by atoms with Crippen molar-refractivity contribution in [2.75, 3.05) is 32.2 Å². The van der Waals surface area contributed by atoms with Gasteiger partial charge in [-0.15, -0.1) is 11.3 Å². The fourth-order valence-corrected chi connectivity index (χ4v) is 3.94. The Morgan fingerprint density at radius 3 is 2.50 bits per heavy atom. The quantitative estimate of drug-likeness (QED) is 0.899. The Kier molecular flexibility index (Phi) is 5.53. The van der Waals surface area contributed by atoms with Crippen LogP contribution in [0.25, 0.3) is 0 Å². The van der Waals surface area contributed by atoms with Crippen molar-refractivity contribution in [3.05, 3.63) is 52.2 Å². The molecule has 24 heavy (non-hydrogen) atoms. The first-order valence-corrected chi connectivity index (χ1v) is 9.22. The van der Waals surface area contributed by atoms with Crippen molar-refractivity contribution >= 4 is 22.9 Å². The van der Waals surface area contributed by atoms with Crippen LogP contribution in [0.2, 0.25) is 0 Å². The lowest BCUT2D eigenvalue weighted by atomic mass is 9.90. The number of benzene rings is 1. The summed E-state index contributed by atoms with van der Waals surface area (Å²) in [4.78, 5) is 16.0. The molecule has 5 heteroatoms. The first-order valence-electron chi connectivity index (χ1n) is 8.34. The van der Waals surface area contributed by atoms with E-state index >= 15 is 0 Å². The average Bonchev–Trinajstić information content (AvgIpc) is 3.14. The third-order valence-electron chi connectivity index (χ3n) is 4.52. The zero-order valence-electron chi connectivity index (χ0n) is 14.2. The number of carbonyl (C=O) groups is 1. The zero-order valence-corrected chi connectivity index (χ0v) is 15.0. The maximum absolute atomic E-state index is 12.7. The van der Waals surface area contributed by atoms with Crippen LogP contribution in [0.15, 0.2) is 41.8 Å². The van der Waals surface area contributed by atoms with Gasteiger partial charge in [0.15, 0.2) is 0 Å². The van der Waals surface area contributed by atoms with Crippen molar-refractivity contribution in [3.8, 4) is 0 Å². The van der Waals surface area contributed by atoms with Crippen LogP contribution >= 0.6 is 11.3 Å². The molecular formula is C19H24N2O2S. The van der Waals surface area contributed by atoms with Crippen LogP contribution in [0.4, 0.5) is 5.69 Å². The van der Waals surface area contributed by atoms with Crippen molar-refractivity contribution in [3.63, 3.8) is 0 Å². The van der Waals surface area contributed by atoms with Gasteiger partial charge >= 0.3 is 0 Å². The summed E-state index contributed by atoms with van der Waals surface area (Å²) >= 11 is 1.71. The molecular weight excluding hydrogens is 320 g/mol. The highest BCUT2D eigenvalue weighted by molar-refractivity contribution is 7.10. The maximum atomic E-state index is 12.7. The van der Waals surface area contributed by atoms with Crippen molar-refractivity contribution < 1.29 is 9.53 Å². The number of hydrogen-bond acceptors (Lipinski definition) is 4. The minimum absolute atomic E-state index is 0.00908. The van der Waals surface area contributed by atoms with E-state index in [-0.39, 0.29) is 11.9 Å². The molecule has 0 radical (unpaired) electrons. The lowest BCUT2D eigenvalue weighted by molar-refractivity contribution is 0.0518. The summed E-state index contributed by atoms with van der Waals surface area (Å²) in [6.07, 6.45) is 1.98. The van der Waals surface area contributed by atoms with Gasteiger partial charge in [-0.1, -0.05) is 6.07 Å². The summed E-state index contributed by atoms with van der Waals surface area (Å²) < 4.78 is 5.48. The topological polar surface area (TPSA) is 41.6 Å². The molecule has 128 valence electrons. The van der Waals surface area contributed by atoms with Crippen molar-refractivity contribution in [2.45, 2.75) is 18.9 Å². The molecule has 1 aliphatic heterocycles. The first-order chi connectivity index (χ1) is 11.6. The number of hydrogen-bond donors (Lipinski definition) is 1. The summed E-state index contributed by atoms with van der Waals surface area (Å²) in [7, 11) is 3.99. The van der Waals surface area contributed by atoms with Crippen LogP contribution in [-0.4, -0.2) is 33.2 Å². The van der Waals surface area contributed by atoms with Crippen LogP contribution in [0.1, 0.15) is 34.1 Å². The van der Waals surface area contributed by atoms with Gasteiger partial charge in [-0.3, -0.25) is 4.79 Å². The summed E-state index contributed by atoms with van der Waals surface area (Å²) in [6.45, 7) is 1.56.